The summed E-state index contributed by atoms with van der Waals surface area (Å²) in [5.74, 6) is 0.395. The largest absolute Gasteiger partial charge is 0.398 e. The zero-order chi connectivity index (χ0) is 14.8. The standard InChI is InChI=1S/C11H11BrF3N5/c12-8-3-2-7(6-9(8)16)10-17-18-19-20(10)5-1-4-11(13,14)15/h2-3,6H,1,4-5,16H2. The van der Waals surface area contributed by atoms with Gasteiger partial charge in [0.05, 0.1) is 0 Å². The summed E-state index contributed by atoms with van der Waals surface area (Å²) in [5, 5.41) is 11.0. The van der Waals surface area contributed by atoms with Crippen molar-refractivity contribution in [1.29, 1.82) is 0 Å². The molecule has 20 heavy (non-hydrogen) atoms. The van der Waals surface area contributed by atoms with Crippen molar-refractivity contribution >= 4 is 21.6 Å². The van der Waals surface area contributed by atoms with Crippen molar-refractivity contribution in [3.05, 3.63) is 22.7 Å². The van der Waals surface area contributed by atoms with E-state index in [1.165, 1.54) is 4.68 Å². The molecule has 0 amide bonds. The molecule has 0 aliphatic carbocycles. The minimum atomic E-state index is -4.17. The SMILES string of the molecule is Nc1cc(-c2nnnn2CCCC(F)(F)F)ccc1Br. The molecule has 0 aliphatic heterocycles. The average Bonchev–Trinajstić information content (AvgIpc) is 2.79. The molecule has 0 saturated carbocycles. The van der Waals surface area contributed by atoms with Gasteiger partial charge >= 0.3 is 6.18 Å². The molecule has 0 spiro atoms. The van der Waals surface area contributed by atoms with Crippen LogP contribution in [0.5, 0.6) is 0 Å². The highest BCUT2D eigenvalue weighted by atomic mass is 79.9. The molecule has 0 aliphatic rings. The second kappa shape index (κ2) is 5.78. The molecular weight excluding hydrogens is 339 g/mol. The van der Waals surface area contributed by atoms with Crippen LogP contribution in [0.1, 0.15) is 12.8 Å². The van der Waals surface area contributed by atoms with E-state index in [9.17, 15) is 13.2 Å². The highest BCUT2D eigenvalue weighted by Crippen LogP contribution is 2.26. The molecule has 0 radical (unpaired) electrons. The number of rotatable bonds is 4. The molecule has 0 saturated heterocycles. The Morgan fingerprint density at radius 1 is 1.30 bits per heavy atom. The van der Waals surface area contributed by atoms with E-state index in [-0.39, 0.29) is 13.0 Å². The minimum absolute atomic E-state index is 0.0758. The number of aryl methyl sites for hydroxylation is 1. The fourth-order valence-electron chi connectivity index (χ4n) is 1.67. The van der Waals surface area contributed by atoms with Gasteiger partial charge in [0.15, 0.2) is 5.82 Å². The first kappa shape index (κ1) is 14.8. The number of nitrogens with zero attached hydrogens (tertiary/aromatic N) is 4. The molecule has 108 valence electrons. The van der Waals surface area contributed by atoms with Crippen molar-refractivity contribution in [3.8, 4) is 11.4 Å². The normalized spacial score (nSPS) is 11.8. The zero-order valence-electron chi connectivity index (χ0n) is 10.2. The van der Waals surface area contributed by atoms with Crippen LogP contribution in [0, 0.1) is 0 Å². The van der Waals surface area contributed by atoms with Crippen molar-refractivity contribution in [2.24, 2.45) is 0 Å². The predicted molar refractivity (Wildman–Crippen MR) is 70.7 cm³/mol. The molecular formula is C11H11BrF3N5. The topological polar surface area (TPSA) is 69.6 Å². The lowest BCUT2D eigenvalue weighted by molar-refractivity contribution is -0.136. The van der Waals surface area contributed by atoms with Crippen LogP contribution >= 0.6 is 15.9 Å². The van der Waals surface area contributed by atoms with Crippen molar-refractivity contribution in [3.63, 3.8) is 0 Å². The van der Waals surface area contributed by atoms with Crippen LogP contribution in [-0.2, 0) is 6.54 Å². The first-order chi connectivity index (χ1) is 9.37. The van der Waals surface area contributed by atoms with Crippen molar-refractivity contribution in [1.82, 2.24) is 20.2 Å². The number of benzene rings is 1. The van der Waals surface area contributed by atoms with Gasteiger partial charge in [0.25, 0.3) is 0 Å². The molecule has 1 aromatic carbocycles. The van der Waals surface area contributed by atoms with E-state index < -0.39 is 12.6 Å². The van der Waals surface area contributed by atoms with Crippen LogP contribution in [0.15, 0.2) is 22.7 Å². The van der Waals surface area contributed by atoms with Crippen molar-refractivity contribution in [2.45, 2.75) is 25.6 Å². The van der Waals surface area contributed by atoms with E-state index in [4.69, 9.17) is 5.73 Å². The summed E-state index contributed by atoms with van der Waals surface area (Å²) in [6.07, 6.45) is -5.11. The monoisotopic (exact) mass is 349 g/mol. The lowest BCUT2D eigenvalue weighted by atomic mass is 10.2. The Hall–Kier alpha value is -1.64. The summed E-state index contributed by atoms with van der Waals surface area (Å²) in [5.41, 5.74) is 6.92. The molecule has 0 bridgehead atoms. The van der Waals surface area contributed by atoms with Gasteiger partial charge in [0.1, 0.15) is 0 Å². The van der Waals surface area contributed by atoms with Crippen LogP contribution in [0.25, 0.3) is 11.4 Å². The number of nitrogens with two attached hydrogens (primary N) is 1. The number of alkyl halides is 3. The van der Waals surface area contributed by atoms with E-state index >= 15 is 0 Å². The van der Waals surface area contributed by atoms with Crippen molar-refractivity contribution in [2.75, 3.05) is 5.73 Å². The molecule has 0 atom stereocenters. The average molecular weight is 350 g/mol. The van der Waals surface area contributed by atoms with Gasteiger partial charge in [0.2, 0.25) is 0 Å². The number of hydrogen-bond acceptors (Lipinski definition) is 4. The molecule has 1 heterocycles. The number of nitrogen functional groups attached to an aromatic ring is 1. The quantitative estimate of drug-likeness (QED) is 0.861. The second-order valence-electron chi connectivity index (χ2n) is 4.18. The fraction of sp³-hybridized carbons (Fsp3) is 0.364. The summed E-state index contributed by atoms with van der Waals surface area (Å²) >= 11 is 3.27. The van der Waals surface area contributed by atoms with E-state index in [0.717, 1.165) is 4.47 Å². The molecule has 0 fully saturated rings. The minimum Gasteiger partial charge on any atom is -0.398 e. The lowest BCUT2D eigenvalue weighted by Gasteiger charge is -2.08. The fourth-order valence-corrected chi connectivity index (χ4v) is 1.92. The summed E-state index contributed by atoms with van der Waals surface area (Å²) in [6.45, 7) is 0.0951. The third-order valence-electron chi connectivity index (χ3n) is 2.62. The molecule has 2 N–H and O–H groups in total. The van der Waals surface area contributed by atoms with Crippen LogP contribution in [0.4, 0.5) is 18.9 Å². The van der Waals surface area contributed by atoms with Crippen LogP contribution in [0.3, 0.4) is 0 Å². The highest BCUT2D eigenvalue weighted by molar-refractivity contribution is 9.10. The smallest absolute Gasteiger partial charge is 0.389 e. The third kappa shape index (κ3) is 3.69. The summed E-state index contributed by atoms with van der Waals surface area (Å²) in [4.78, 5) is 0. The molecule has 2 aromatic rings. The molecule has 5 nitrogen and oxygen atoms in total. The van der Waals surface area contributed by atoms with Gasteiger partial charge in [0, 0.05) is 28.7 Å². The van der Waals surface area contributed by atoms with E-state index in [1.54, 1.807) is 18.2 Å². The first-order valence-corrected chi connectivity index (χ1v) is 6.54. The van der Waals surface area contributed by atoms with Crippen molar-refractivity contribution < 1.29 is 13.2 Å². The van der Waals surface area contributed by atoms with E-state index in [2.05, 4.69) is 31.5 Å². The van der Waals surface area contributed by atoms with E-state index in [1.807, 2.05) is 0 Å². The van der Waals surface area contributed by atoms with Gasteiger partial charge in [-0.1, -0.05) is 0 Å². The maximum atomic E-state index is 12.1. The van der Waals surface area contributed by atoms with Crippen LogP contribution < -0.4 is 5.73 Å². The Morgan fingerprint density at radius 2 is 2.05 bits per heavy atom. The number of halogens is 4. The van der Waals surface area contributed by atoms with Crippen LogP contribution in [-0.4, -0.2) is 26.4 Å². The van der Waals surface area contributed by atoms with Gasteiger partial charge < -0.3 is 5.73 Å². The Bertz CT molecular complexity index is 596. The van der Waals surface area contributed by atoms with Gasteiger partial charge in [-0.3, -0.25) is 0 Å². The maximum Gasteiger partial charge on any atom is 0.389 e. The molecule has 0 unspecified atom stereocenters. The number of hydrogen-bond donors (Lipinski definition) is 1. The van der Waals surface area contributed by atoms with E-state index in [0.29, 0.717) is 17.1 Å². The zero-order valence-corrected chi connectivity index (χ0v) is 11.8. The highest BCUT2D eigenvalue weighted by Gasteiger charge is 2.26. The van der Waals surface area contributed by atoms with Crippen LogP contribution in [0.2, 0.25) is 0 Å². The number of tetrazole rings is 1. The number of aromatic nitrogens is 4. The maximum absolute atomic E-state index is 12.1. The van der Waals surface area contributed by atoms with Gasteiger partial charge in [-0.05, 0) is 51.0 Å². The second-order valence-corrected chi connectivity index (χ2v) is 5.03. The summed E-state index contributed by atoms with van der Waals surface area (Å²) < 4.78 is 38.4. The summed E-state index contributed by atoms with van der Waals surface area (Å²) in [7, 11) is 0. The molecule has 2 rings (SSSR count). The third-order valence-corrected chi connectivity index (χ3v) is 3.34. The van der Waals surface area contributed by atoms with Gasteiger partial charge in [-0.2, -0.15) is 13.2 Å². The molecule has 9 heteroatoms. The predicted octanol–water partition coefficient (Wildman–Crippen LogP) is 3.03. The Labute approximate surface area is 121 Å². The summed E-state index contributed by atoms with van der Waals surface area (Å²) in [6, 6.07) is 5.14. The Balaban J connectivity index is 2.14. The van der Waals surface area contributed by atoms with Gasteiger partial charge in [-0.25, -0.2) is 4.68 Å². The Kier molecular flexibility index (Phi) is 4.26. The Morgan fingerprint density at radius 3 is 2.70 bits per heavy atom. The first-order valence-electron chi connectivity index (χ1n) is 5.75. The van der Waals surface area contributed by atoms with Gasteiger partial charge in [-0.15, -0.1) is 5.10 Å². The molecule has 1 aromatic heterocycles. The lowest BCUT2D eigenvalue weighted by Crippen LogP contribution is -2.10. The number of anilines is 1.